The van der Waals surface area contributed by atoms with Crippen molar-refractivity contribution in [3.05, 3.63) is 63.7 Å². The Kier molecular flexibility index (Phi) is 5.64. The van der Waals surface area contributed by atoms with Crippen molar-refractivity contribution in [2.24, 2.45) is 0 Å². The van der Waals surface area contributed by atoms with Crippen LogP contribution in [0.1, 0.15) is 17.5 Å². The van der Waals surface area contributed by atoms with Gasteiger partial charge in [0, 0.05) is 23.5 Å². The second kappa shape index (κ2) is 7.77. The number of nitro groups is 1. The second-order valence-electron chi connectivity index (χ2n) is 6.46. The molecule has 3 rings (SSSR count). The number of nitrogens with zero attached hydrogens (tertiary/aromatic N) is 1. The first-order chi connectivity index (χ1) is 12.3. The molecule has 0 bridgehead atoms. The van der Waals surface area contributed by atoms with Crippen molar-refractivity contribution in [3.63, 3.8) is 0 Å². The van der Waals surface area contributed by atoms with Crippen molar-refractivity contribution in [1.82, 2.24) is 5.32 Å². The van der Waals surface area contributed by atoms with E-state index < -0.39 is 9.84 Å². The van der Waals surface area contributed by atoms with Crippen LogP contribution < -0.4 is 5.32 Å². The molecule has 6 nitrogen and oxygen atoms in total. The highest BCUT2D eigenvalue weighted by Crippen LogP contribution is 2.35. The van der Waals surface area contributed by atoms with E-state index in [1.54, 1.807) is 12.1 Å². The summed E-state index contributed by atoms with van der Waals surface area (Å²) in [5, 5.41) is 14.6. The van der Waals surface area contributed by atoms with Crippen LogP contribution in [-0.2, 0) is 16.4 Å². The Hall–Kier alpha value is -1.90. The number of hydrogen-bond acceptors (Lipinski definition) is 6. The molecule has 26 heavy (non-hydrogen) atoms. The molecule has 0 amide bonds. The maximum atomic E-state index is 11.5. The van der Waals surface area contributed by atoms with E-state index in [2.05, 4.69) is 5.32 Å². The lowest BCUT2D eigenvalue weighted by Gasteiger charge is -2.11. The lowest BCUT2D eigenvalue weighted by molar-refractivity contribution is -0.387. The Labute approximate surface area is 157 Å². The van der Waals surface area contributed by atoms with Crippen molar-refractivity contribution >= 4 is 27.3 Å². The predicted octanol–water partition coefficient (Wildman–Crippen LogP) is 3.33. The molecule has 8 heteroatoms. The minimum atomic E-state index is -2.94. The molecule has 138 valence electrons. The summed E-state index contributed by atoms with van der Waals surface area (Å²) in [6.07, 6.45) is 0.589. The van der Waals surface area contributed by atoms with Gasteiger partial charge < -0.3 is 5.32 Å². The number of aryl methyl sites for hydroxylation is 1. The Balaban J connectivity index is 1.72. The predicted molar refractivity (Wildman–Crippen MR) is 102 cm³/mol. The molecule has 0 aliphatic carbocycles. The van der Waals surface area contributed by atoms with Gasteiger partial charge in [-0.15, -0.1) is 0 Å². The third-order valence-electron chi connectivity index (χ3n) is 4.30. The topological polar surface area (TPSA) is 89.3 Å². The molecule has 1 heterocycles. The number of nitro benzene ring substituents is 1. The van der Waals surface area contributed by atoms with E-state index in [-0.39, 0.29) is 28.2 Å². The normalized spacial score (nSPS) is 18.7. The smallest absolute Gasteiger partial charge is 0.283 e. The van der Waals surface area contributed by atoms with Crippen LogP contribution in [0.2, 0.25) is 0 Å². The second-order valence-corrected chi connectivity index (χ2v) is 9.80. The summed E-state index contributed by atoms with van der Waals surface area (Å²) in [6, 6.07) is 12.9. The number of benzene rings is 2. The third-order valence-corrected chi connectivity index (χ3v) is 7.14. The number of hydrogen-bond donors (Lipinski definition) is 1. The monoisotopic (exact) mass is 392 g/mol. The van der Waals surface area contributed by atoms with Crippen LogP contribution >= 0.6 is 11.8 Å². The minimum absolute atomic E-state index is 0.0638. The maximum Gasteiger partial charge on any atom is 0.283 e. The van der Waals surface area contributed by atoms with Crippen molar-refractivity contribution < 1.29 is 13.3 Å². The van der Waals surface area contributed by atoms with Gasteiger partial charge in [0.1, 0.15) is 0 Å². The van der Waals surface area contributed by atoms with Gasteiger partial charge in [0.15, 0.2) is 9.84 Å². The maximum absolute atomic E-state index is 11.5. The van der Waals surface area contributed by atoms with Gasteiger partial charge in [-0.05, 0) is 37.1 Å². The van der Waals surface area contributed by atoms with E-state index in [1.165, 1.54) is 11.8 Å². The molecule has 0 spiro atoms. The molecule has 1 N–H and O–H groups in total. The summed E-state index contributed by atoms with van der Waals surface area (Å²) in [4.78, 5) is 12.6. The fourth-order valence-corrected chi connectivity index (χ4v) is 5.46. The highest BCUT2D eigenvalue weighted by molar-refractivity contribution is 7.99. The first kappa shape index (κ1) is 18.9. The molecule has 1 atom stereocenters. The van der Waals surface area contributed by atoms with E-state index in [0.29, 0.717) is 17.9 Å². The Morgan fingerprint density at radius 1 is 1.23 bits per heavy atom. The first-order valence-corrected chi connectivity index (χ1v) is 10.9. The minimum Gasteiger partial charge on any atom is -0.309 e. The Morgan fingerprint density at radius 2 is 1.96 bits per heavy atom. The van der Waals surface area contributed by atoms with Gasteiger partial charge in [-0.2, -0.15) is 0 Å². The number of nitrogens with one attached hydrogen (secondary N) is 1. The average molecular weight is 393 g/mol. The first-order valence-electron chi connectivity index (χ1n) is 8.28. The summed E-state index contributed by atoms with van der Waals surface area (Å²) in [7, 11) is -2.94. The standard InChI is InChI=1S/C18H20N2O4S2/c1-13-2-5-16(6-3-13)25-18-7-4-14(10-17(18)20(21)22)11-19-15-8-9-26(23,24)12-15/h2-7,10,15,19H,8-9,11-12H2,1H3. The van der Waals surface area contributed by atoms with Crippen molar-refractivity contribution in [3.8, 4) is 0 Å². The molecule has 2 aromatic carbocycles. The largest absolute Gasteiger partial charge is 0.309 e. The van der Waals surface area contributed by atoms with Gasteiger partial charge in [0.05, 0.1) is 21.3 Å². The van der Waals surface area contributed by atoms with Gasteiger partial charge in [-0.25, -0.2) is 8.42 Å². The molecule has 0 aromatic heterocycles. The molecule has 1 saturated heterocycles. The van der Waals surface area contributed by atoms with E-state index in [9.17, 15) is 18.5 Å². The zero-order chi connectivity index (χ0) is 18.7. The molecule has 1 aliphatic heterocycles. The Bertz CT molecular complexity index is 911. The highest BCUT2D eigenvalue weighted by atomic mass is 32.2. The van der Waals surface area contributed by atoms with Crippen LogP contribution in [0.5, 0.6) is 0 Å². The van der Waals surface area contributed by atoms with Gasteiger partial charge in [0.2, 0.25) is 0 Å². The molecule has 1 aliphatic rings. The van der Waals surface area contributed by atoms with Crippen molar-refractivity contribution in [1.29, 1.82) is 0 Å². The van der Waals surface area contributed by atoms with E-state index in [0.717, 1.165) is 16.0 Å². The van der Waals surface area contributed by atoms with Crippen molar-refractivity contribution in [2.45, 2.75) is 35.7 Å². The van der Waals surface area contributed by atoms with Gasteiger partial charge in [-0.1, -0.05) is 35.5 Å². The van der Waals surface area contributed by atoms with E-state index in [4.69, 9.17) is 0 Å². The molecule has 0 radical (unpaired) electrons. The number of sulfone groups is 1. The Morgan fingerprint density at radius 3 is 2.58 bits per heavy atom. The van der Waals surface area contributed by atoms with Crippen molar-refractivity contribution in [2.75, 3.05) is 11.5 Å². The molecule has 2 aromatic rings. The van der Waals surface area contributed by atoms with Crippen LogP contribution in [0.15, 0.2) is 52.3 Å². The number of rotatable bonds is 6. The zero-order valence-electron chi connectivity index (χ0n) is 14.3. The summed E-state index contributed by atoms with van der Waals surface area (Å²) < 4.78 is 23.0. The van der Waals surface area contributed by atoms with Crippen LogP contribution in [-0.4, -0.2) is 30.9 Å². The fourth-order valence-electron chi connectivity index (χ4n) is 2.85. The molecule has 1 fully saturated rings. The van der Waals surface area contributed by atoms with E-state index in [1.807, 2.05) is 37.3 Å². The SMILES string of the molecule is Cc1ccc(Sc2ccc(CNC3CCS(=O)(=O)C3)cc2[N+](=O)[O-])cc1. The average Bonchev–Trinajstić information content (AvgIpc) is 2.95. The van der Waals surface area contributed by atoms with Crippen LogP contribution in [0.4, 0.5) is 5.69 Å². The fraction of sp³-hybridized carbons (Fsp3) is 0.333. The van der Waals surface area contributed by atoms with Crippen LogP contribution in [0, 0.1) is 17.0 Å². The zero-order valence-corrected chi connectivity index (χ0v) is 16.0. The lowest BCUT2D eigenvalue weighted by Crippen LogP contribution is -2.29. The summed E-state index contributed by atoms with van der Waals surface area (Å²) in [5.74, 6) is 0.341. The van der Waals surface area contributed by atoms with Crippen LogP contribution in [0.25, 0.3) is 0 Å². The lowest BCUT2D eigenvalue weighted by atomic mass is 10.2. The highest BCUT2D eigenvalue weighted by Gasteiger charge is 2.27. The molecular formula is C18H20N2O4S2. The van der Waals surface area contributed by atoms with Crippen LogP contribution in [0.3, 0.4) is 0 Å². The van der Waals surface area contributed by atoms with Gasteiger partial charge >= 0.3 is 0 Å². The quantitative estimate of drug-likeness (QED) is 0.599. The summed E-state index contributed by atoms with van der Waals surface area (Å²) >= 11 is 1.36. The van der Waals surface area contributed by atoms with Gasteiger partial charge in [0.25, 0.3) is 5.69 Å². The third kappa shape index (κ3) is 4.84. The summed E-state index contributed by atoms with van der Waals surface area (Å²) in [6.45, 7) is 2.41. The molecule has 0 saturated carbocycles. The molecular weight excluding hydrogens is 372 g/mol. The van der Waals surface area contributed by atoms with E-state index >= 15 is 0 Å². The molecule has 1 unspecified atom stereocenters. The summed E-state index contributed by atoms with van der Waals surface area (Å²) in [5.41, 5.74) is 1.97. The van der Waals surface area contributed by atoms with Gasteiger partial charge in [-0.3, -0.25) is 10.1 Å².